The topological polar surface area (TPSA) is 104 Å². The number of nitrogens with one attached hydrogen (secondary N) is 1. The molecule has 2 aromatic rings. The van der Waals surface area contributed by atoms with Gasteiger partial charge in [-0.3, -0.25) is 0 Å². The highest BCUT2D eigenvalue weighted by Crippen LogP contribution is 2.32. The number of anilines is 1. The van der Waals surface area contributed by atoms with Crippen molar-refractivity contribution in [1.82, 2.24) is 4.90 Å². The van der Waals surface area contributed by atoms with Gasteiger partial charge in [0.05, 0.1) is 37.5 Å². The van der Waals surface area contributed by atoms with Gasteiger partial charge in [-0.2, -0.15) is 5.26 Å². The largest absolute Gasteiger partial charge is 0.454 e. The number of hydrogen-bond donors (Lipinski definition) is 2. The first kappa shape index (κ1) is 19.5. The highest BCUT2D eigenvalue weighted by molar-refractivity contribution is 5.89. The van der Waals surface area contributed by atoms with Crippen LogP contribution >= 0.6 is 0 Å². The third kappa shape index (κ3) is 5.13. The van der Waals surface area contributed by atoms with E-state index in [1.165, 1.54) is 4.90 Å². The van der Waals surface area contributed by atoms with Crippen molar-refractivity contribution < 1.29 is 24.1 Å². The first-order valence-electron chi connectivity index (χ1n) is 8.72. The molecule has 2 aromatic carbocycles. The van der Waals surface area contributed by atoms with Crippen molar-refractivity contribution in [2.75, 3.05) is 32.3 Å². The van der Waals surface area contributed by atoms with E-state index in [0.717, 1.165) is 5.56 Å². The first-order chi connectivity index (χ1) is 13.5. The van der Waals surface area contributed by atoms with Gasteiger partial charge in [0.25, 0.3) is 0 Å². The van der Waals surface area contributed by atoms with E-state index in [1.54, 1.807) is 31.3 Å². The Morgan fingerprint density at radius 3 is 2.96 bits per heavy atom. The molecular weight excluding hydrogens is 362 g/mol. The van der Waals surface area contributed by atoms with Crippen LogP contribution < -0.4 is 14.8 Å². The minimum Gasteiger partial charge on any atom is -0.454 e. The Kier molecular flexibility index (Phi) is 6.32. The average Bonchev–Trinajstić information content (AvgIpc) is 3.16. The van der Waals surface area contributed by atoms with Crippen LogP contribution in [0.1, 0.15) is 11.1 Å². The molecule has 3 rings (SSSR count). The molecule has 1 heterocycles. The number of carbonyl (C=O) groups is 1. The second kappa shape index (κ2) is 9.08. The summed E-state index contributed by atoms with van der Waals surface area (Å²) in [6, 6.07) is 13.8. The molecule has 1 aliphatic rings. The molecule has 28 heavy (non-hydrogen) atoms. The van der Waals surface area contributed by atoms with E-state index in [9.17, 15) is 9.90 Å². The number of rotatable bonds is 7. The molecule has 2 N–H and O–H groups in total. The summed E-state index contributed by atoms with van der Waals surface area (Å²) in [6.45, 7) is 0.707. The highest BCUT2D eigenvalue weighted by Gasteiger charge is 2.16. The second-order valence-corrected chi connectivity index (χ2v) is 6.36. The van der Waals surface area contributed by atoms with Gasteiger partial charge >= 0.3 is 6.03 Å². The lowest BCUT2D eigenvalue weighted by atomic mass is 10.2. The van der Waals surface area contributed by atoms with E-state index in [0.29, 0.717) is 29.4 Å². The van der Waals surface area contributed by atoms with E-state index in [2.05, 4.69) is 5.32 Å². The summed E-state index contributed by atoms with van der Waals surface area (Å²) in [6.07, 6.45) is -0.838. The van der Waals surface area contributed by atoms with Gasteiger partial charge in [-0.25, -0.2) is 4.79 Å². The van der Waals surface area contributed by atoms with Crippen molar-refractivity contribution in [1.29, 1.82) is 5.26 Å². The molecule has 0 saturated heterocycles. The number of benzene rings is 2. The monoisotopic (exact) mass is 383 g/mol. The molecule has 0 aromatic heterocycles. The smallest absolute Gasteiger partial charge is 0.321 e. The number of amides is 2. The van der Waals surface area contributed by atoms with E-state index in [4.69, 9.17) is 19.5 Å². The maximum Gasteiger partial charge on any atom is 0.321 e. The Morgan fingerprint density at radius 1 is 1.32 bits per heavy atom. The van der Waals surface area contributed by atoms with Crippen LogP contribution in [0.25, 0.3) is 0 Å². The molecule has 1 aliphatic heterocycles. The van der Waals surface area contributed by atoms with Gasteiger partial charge in [0.15, 0.2) is 11.5 Å². The van der Waals surface area contributed by atoms with Crippen molar-refractivity contribution in [3.8, 4) is 17.6 Å². The number of urea groups is 1. The molecule has 1 atom stereocenters. The number of carbonyl (C=O) groups excluding carboxylic acids is 1. The summed E-state index contributed by atoms with van der Waals surface area (Å²) < 4.78 is 16.1. The highest BCUT2D eigenvalue weighted by atomic mass is 16.7. The molecule has 0 radical (unpaired) electrons. The Labute approximate surface area is 162 Å². The fourth-order valence-electron chi connectivity index (χ4n) is 2.68. The number of nitriles is 1. The van der Waals surface area contributed by atoms with E-state index >= 15 is 0 Å². The van der Waals surface area contributed by atoms with Gasteiger partial charge in [-0.05, 0) is 35.9 Å². The van der Waals surface area contributed by atoms with Crippen LogP contribution in [-0.2, 0) is 11.3 Å². The molecule has 8 nitrogen and oxygen atoms in total. The summed E-state index contributed by atoms with van der Waals surface area (Å²) in [5.74, 6) is 1.38. The number of nitrogens with zero attached hydrogens (tertiary/aromatic N) is 2. The third-order valence-electron chi connectivity index (χ3n) is 4.09. The van der Waals surface area contributed by atoms with Crippen LogP contribution in [0, 0.1) is 11.3 Å². The van der Waals surface area contributed by atoms with Crippen molar-refractivity contribution in [3.05, 3.63) is 53.6 Å². The van der Waals surface area contributed by atoms with E-state index < -0.39 is 6.10 Å². The Morgan fingerprint density at radius 2 is 2.14 bits per heavy atom. The Balaban J connectivity index is 1.41. The Bertz CT molecular complexity index is 880. The molecule has 146 valence electrons. The van der Waals surface area contributed by atoms with Crippen molar-refractivity contribution in [3.63, 3.8) is 0 Å². The fourth-order valence-corrected chi connectivity index (χ4v) is 2.68. The van der Waals surface area contributed by atoms with Crippen LogP contribution in [0.4, 0.5) is 10.5 Å². The molecule has 0 spiro atoms. The van der Waals surface area contributed by atoms with Gasteiger partial charge in [0.1, 0.15) is 0 Å². The Hall–Kier alpha value is -3.28. The van der Waals surface area contributed by atoms with Gasteiger partial charge in [0.2, 0.25) is 6.79 Å². The van der Waals surface area contributed by atoms with Crippen LogP contribution in [-0.4, -0.2) is 49.1 Å². The molecule has 0 fully saturated rings. The summed E-state index contributed by atoms with van der Waals surface area (Å²) in [4.78, 5) is 13.6. The van der Waals surface area contributed by atoms with Crippen molar-refractivity contribution in [2.45, 2.75) is 12.7 Å². The van der Waals surface area contributed by atoms with Crippen molar-refractivity contribution in [2.24, 2.45) is 0 Å². The minimum atomic E-state index is -0.838. The molecular formula is C20H21N3O5. The standard InChI is InChI=1S/C20H21N3O5/c1-23(20(25)22-16-4-2-3-14(7-16)9-21)10-17(24)12-26-11-15-5-6-18-19(8-15)28-13-27-18/h2-8,17,24H,10-13H2,1H3,(H,22,25). The van der Waals surface area contributed by atoms with E-state index in [1.807, 2.05) is 24.3 Å². The summed E-state index contributed by atoms with van der Waals surface area (Å²) >= 11 is 0. The third-order valence-corrected chi connectivity index (χ3v) is 4.09. The SMILES string of the molecule is CN(CC(O)COCc1ccc2c(c1)OCO2)C(=O)Nc1cccc(C#N)c1. The normalized spacial score (nSPS) is 12.9. The zero-order valence-electron chi connectivity index (χ0n) is 15.4. The predicted octanol–water partition coefficient (Wildman–Crippen LogP) is 2.33. The second-order valence-electron chi connectivity index (χ2n) is 6.36. The fraction of sp³-hybridized carbons (Fsp3) is 0.300. The zero-order chi connectivity index (χ0) is 19.9. The number of fused-ring (bicyclic) bond motifs is 1. The van der Waals surface area contributed by atoms with Crippen LogP contribution in [0.2, 0.25) is 0 Å². The number of hydrogen-bond acceptors (Lipinski definition) is 6. The number of likely N-dealkylation sites (N-methyl/N-ethyl adjacent to an activating group) is 1. The summed E-state index contributed by atoms with van der Waals surface area (Å²) in [5, 5.41) is 21.7. The molecule has 2 amide bonds. The van der Waals surface area contributed by atoms with Gasteiger partial charge in [0, 0.05) is 12.7 Å². The lowest BCUT2D eigenvalue weighted by Crippen LogP contribution is -2.38. The molecule has 8 heteroatoms. The lowest BCUT2D eigenvalue weighted by Gasteiger charge is -2.21. The lowest BCUT2D eigenvalue weighted by molar-refractivity contribution is 0.0188. The van der Waals surface area contributed by atoms with Gasteiger partial charge in [-0.1, -0.05) is 12.1 Å². The zero-order valence-corrected chi connectivity index (χ0v) is 15.4. The maximum atomic E-state index is 12.2. The number of aliphatic hydroxyl groups excluding tert-OH is 1. The van der Waals surface area contributed by atoms with Gasteiger partial charge < -0.3 is 29.5 Å². The maximum absolute atomic E-state index is 12.2. The van der Waals surface area contributed by atoms with Crippen molar-refractivity contribution >= 4 is 11.7 Å². The molecule has 0 aliphatic carbocycles. The number of aliphatic hydroxyl groups is 1. The summed E-state index contributed by atoms with van der Waals surface area (Å²) in [5.41, 5.74) is 1.88. The molecule has 1 unspecified atom stereocenters. The van der Waals surface area contributed by atoms with Crippen LogP contribution in [0.15, 0.2) is 42.5 Å². The minimum absolute atomic E-state index is 0.0793. The quantitative estimate of drug-likeness (QED) is 0.760. The average molecular weight is 383 g/mol. The van der Waals surface area contributed by atoms with E-state index in [-0.39, 0.29) is 26.0 Å². The first-order valence-corrected chi connectivity index (χ1v) is 8.72. The molecule has 0 saturated carbocycles. The van der Waals surface area contributed by atoms with Gasteiger partial charge in [-0.15, -0.1) is 0 Å². The summed E-state index contributed by atoms with van der Waals surface area (Å²) in [7, 11) is 1.57. The molecule has 0 bridgehead atoms. The van der Waals surface area contributed by atoms with Crippen LogP contribution in [0.5, 0.6) is 11.5 Å². The predicted molar refractivity (Wildman–Crippen MR) is 101 cm³/mol. The van der Waals surface area contributed by atoms with Crippen LogP contribution in [0.3, 0.4) is 0 Å². The number of ether oxygens (including phenoxy) is 3.